The Labute approximate surface area is 268 Å². The van der Waals surface area contributed by atoms with Gasteiger partial charge in [-0.1, -0.05) is 122 Å². The van der Waals surface area contributed by atoms with Gasteiger partial charge in [0.2, 0.25) is 0 Å². The summed E-state index contributed by atoms with van der Waals surface area (Å²) in [5, 5.41) is 0. The van der Waals surface area contributed by atoms with Gasteiger partial charge >= 0.3 is 19.8 Å². The average molecular weight is 646 g/mol. The zero-order valence-corrected chi connectivity index (χ0v) is 28.8. The number of allylic oxidation sites excluding steroid dienone is 4. The summed E-state index contributed by atoms with van der Waals surface area (Å²) in [5.74, 6) is -0.852. The van der Waals surface area contributed by atoms with E-state index in [1.165, 1.54) is 57.8 Å². The SMILES string of the molecule is CCCCCC/C=C/C=C/CCCCCCCC(=O)O[C@H](COC(=O)CCCCCCCCCC)COP(=O)(O)OCCN. The van der Waals surface area contributed by atoms with E-state index in [0.29, 0.717) is 6.42 Å². The van der Waals surface area contributed by atoms with E-state index in [4.69, 9.17) is 24.3 Å². The monoisotopic (exact) mass is 645 g/mol. The highest BCUT2D eigenvalue weighted by Crippen LogP contribution is 2.43. The smallest absolute Gasteiger partial charge is 0.462 e. The second kappa shape index (κ2) is 31.5. The largest absolute Gasteiger partial charge is 0.472 e. The minimum atomic E-state index is -4.36. The van der Waals surface area contributed by atoms with Crippen LogP contribution >= 0.6 is 7.82 Å². The first-order valence-corrected chi connectivity index (χ1v) is 18.8. The summed E-state index contributed by atoms with van der Waals surface area (Å²) in [4.78, 5) is 34.5. The standard InChI is InChI=1S/C34H64NO8P/c1-3-5-7-9-11-13-14-15-16-17-18-19-21-23-25-27-34(37)43-32(31-42-44(38,39)41-29-28-35)30-40-33(36)26-24-22-20-12-10-8-6-4-2/h13-16,32H,3-12,17-31,35H2,1-2H3,(H,38,39)/b14-13+,16-15+/t32-/m1/s1. The Bertz CT molecular complexity index is 789. The number of ether oxygens (including phenoxy) is 2. The van der Waals surface area contributed by atoms with Gasteiger partial charge in [-0.2, -0.15) is 0 Å². The van der Waals surface area contributed by atoms with Crippen LogP contribution in [0.25, 0.3) is 0 Å². The summed E-state index contributed by atoms with van der Waals surface area (Å²) in [6.07, 6.45) is 29.3. The molecule has 0 aromatic heterocycles. The van der Waals surface area contributed by atoms with Gasteiger partial charge in [-0.3, -0.25) is 18.6 Å². The summed E-state index contributed by atoms with van der Waals surface area (Å²) >= 11 is 0. The van der Waals surface area contributed by atoms with Gasteiger partial charge in [-0.05, 0) is 38.5 Å². The van der Waals surface area contributed by atoms with Crippen LogP contribution in [0, 0.1) is 0 Å². The Morgan fingerprint density at radius 3 is 1.70 bits per heavy atom. The van der Waals surface area contributed by atoms with Crippen LogP contribution in [0.4, 0.5) is 0 Å². The third-order valence-corrected chi connectivity index (χ3v) is 8.10. The highest BCUT2D eigenvalue weighted by atomic mass is 31.2. The topological polar surface area (TPSA) is 134 Å². The van der Waals surface area contributed by atoms with Gasteiger partial charge in [0.15, 0.2) is 6.10 Å². The Morgan fingerprint density at radius 2 is 1.16 bits per heavy atom. The van der Waals surface area contributed by atoms with E-state index in [9.17, 15) is 19.0 Å². The van der Waals surface area contributed by atoms with Crippen LogP contribution in [0.3, 0.4) is 0 Å². The van der Waals surface area contributed by atoms with Gasteiger partial charge < -0.3 is 20.1 Å². The molecule has 0 bridgehead atoms. The van der Waals surface area contributed by atoms with Gasteiger partial charge in [0.25, 0.3) is 0 Å². The van der Waals surface area contributed by atoms with Crippen LogP contribution in [-0.4, -0.2) is 49.3 Å². The second-order valence-corrected chi connectivity index (χ2v) is 12.9. The molecule has 0 spiro atoms. The Morgan fingerprint density at radius 1 is 0.682 bits per heavy atom. The number of rotatable bonds is 32. The van der Waals surface area contributed by atoms with Gasteiger partial charge in [0.1, 0.15) is 6.61 Å². The van der Waals surface area contributed by atoms with E-state index in [1.807, 2.05) is 0 Å². The average Bonchev–Trinajstić information content (AvgIpc) is 3.00. The molecule has 10 heteroatoms. The minimum absolute atomic E-state index is 0.0516. The van der Waals surface area contributed by atoms with E-state index in [-0.39, 0.29) is 32.6 Å². The van der Waals surface area contributed by atoms with Crippen molar-refractivity contribution in [3.8, 4) is 0 Å². The highest BCUT2D eigenvalue weighted by Gasteiger charge is 2.25. The third-order valence-electron chi connectivity index (χ3n) is 7.12. The van der Waals surface area contributed by atoms with Crippen molar-refractivity contribution in [1.29, 1.82) is 0 Å². The molecule has 0 aliphatic carbocycles. The fourth-order valence-electron chi connectivity index (χ4n) is 4.51. The van der Waals surface area contributed by atoms with Crippen LogP contribution in [0.5, 0.6) is 0 Å². The lowest BCUT2D eigenvalue weighted by Gasteiger charge is -2.19. The van der Waals surface area contributed by atoms with E-state index >= 15 is 0 Å². The molecule has 0 aromatic carbocycles. The Hall–Kier alpha value is -1.51. The molecule has 0 saturated heterocycles. The molecule has 0 amide bonds. The summed E-state index contributed by atoms with van der Waals surface area (Å²) in [6.45, 7) is 3.63. The molecule has 1 unspecified atom stereocenters. The van der Waals surface area contributed by atoms with Crippen LogP contribution in [0.2, 0.25) is 0 Å². The maximum atomic E-state index is 12.5. The van der Waals surface area contributed by atoms with Crippen molar-refractivity contribution in [3.05, 3.63) is 24.3 Å². The van der Waals surface area contributed by atoms with Gasteiger partial charge in [-0.15, -0.1) is 0 Å². The lowest BCUT2D eigenvalue weighted by atomic mass is 10.1. The molecular weight excluding hydrogens is 581 g/mol. The number of carbonyl (C=O) groups is 2. The first kappa shape index (κ1) is 42.5. The fraction of sp³-hybridized carbons (Fsp3) is 0.824. The highest BCUT2D eigenvalue weighted by molar-refractivity contribution is 7.47. The van der Waals surface area contributed by atoms with Crippen molar-refractivity contribution in [3.63, 3.8) is 0 Å². The van der Waals surface area contributed by atoms with Crippen LogP contribution < -0.4 is 5.73 Å². The molecule has 44 heavy (non-hydrogen) atoms. The molecule has 258 valence electrons. The zero-order chi connectivity index (χ0) is 32.6. The maximum Gasteiger partial charge on any atom is 0.472 e. The van der Waals surface area contributed by atoms with Crippen molar-refractivity contribution in [2.45, 2.75) is 155 Å². The van der Waals surface area contributed by atoms with E-state index < -0.39 is 32.5 Å². The summed E-state index contributed by atoms with van der Waals surface area (Å²) in [6, 6.07) is 0. The summed E-state index contributed by atoms with van der Waals surface area (Å²) in [5.41, 5.74) is 5.31. The quantitative estimate of drug-likeness (QED) is 0.0318. The Balaban J connectivity index is 4.29. The van der Waals surface area contributed by atoms with E-state index in [2.05, 4.69) is 38.2 Å². The normalized spacial score (nSPS) is 13.8. The minimum Gasteiger partial charge on any atom is -0.462 e. The molecule has 3 N–H and O–H groups in total. The number of hydrogen-bond donors (Lipinski definition) is 2. The van der Waals surface area contributed by atoms with Gasteiger partial charge in [0.05, 0.1) is 13.2 Å². The molecule has 0 aliphatic heterocycles. The van der Waals surface area contributed by atoms with Crippen molar-refractivity contribution in [1.82, 2.24) is 0 Å². The summed E-state index contributed by atoms with van der Waals surface area (Å²) < 4.78 is 32.5. The number of hydrogen-bond acceptors (Lipinski definition) is 8. The Kier molecular flexibility index (Phi) is 30.4. The predicted molar refractivity (Wildman–Crippen MR) is 178 cm³/mol. The fourth-order valence-corrected chi connectivity index (χ4v) is 5.27. The maximum absolute atomic E-state index is 12.5. The van der Waals surface area contributed by atoms with Gasteiger partial charge in [-0.25, -0.2) is 4.57 Å². The van der Waals surface area contributed by atoms with Crippen molar-refractivity contribution in [2.24, 2.45) is 5.73 Å². The molecule has 2 atom stereocenters. The molecule has 0 rings (SSSR count). The molecule has 0 aromatic rings. The zero-order valence-electron chi connectivity index (χ0n) is 27.9. The number of phosphoric ester groups is 1. The number of esters is 2. The summed E-state index contributed by atoms with van der Waals surface area (Å²) in [7, 11) is -4.36. The molecule has 9 nitrogen and oxygen atoms in total. The number of phosphoric acid groups is 1. The number of carbonyl (C=O) groups excluding carboxylic acids is 2. The van der Waals surface area contributed by atoms with Gasteiger partial charge in [0, 0.05) is 19.4 Å². The number of unbranched alkanes of at least 4 members (excludes halogenated alkanes) is 16. The lowest BCUT2D eigenvalue weighted by molar-refractivity contribution is -0.161. The second-order valence-electron chi connectivity index (χ2n) is 11.4. The molecule has 0 fully saturated rings. The predicted octanol–water partition coefficient (Wildman–Crippen LogP) is 8.88. The molecule has 0 heterocycles. The molecular formula is C34H64NO8P. The first-order chi connectivity index (χ1) is 21.3. The van der Waals surface area contributed by atoms with Crippen LogP contribution in [0.1, 0.15) is 149 Å². The van der Waals surface area contributed by atoms with E-state index in [1.54, 1.807) is 0 Å². The van der Waals surface area contributed by atoms with Crippen molar-refractivity contribution >= 4 is 19.8 Å². The molecule has 0 radical (unpaired) electrons. The lowest BCUT2D eigenvalue weighted by Crippen LogP contribution is -2.29. The first-order valence-electron chi connectivity index (χ1n) is 17.3. The van der Waals surface area contributed by atoms with E-state index in [0.717, 1.165) is 57.8 Å². The molecule has 0 aliphatic rings. The van der Waals surface area contributed by atoms with Crippen molar-refractivity contribution < 1.29 is 37.6 Å². The van der Waals surface area contributed by atoms with Crippen LogP contribution in [-0.2, 0) is 32.7 Å². The third kappa shape index (κ3) is 30.5. The number of nitrogens with two attached hydrogens (primary N) is 1. The molecule has 0 saturated carbocycles. The van der Waals surface area contributed by atoms with Crippen molar-refractivity contribution in [2.75, 3.05) is 26.4 Å². The van der Waals surface area contributed by atoms with Crippen LogP contribution in [0.15, 0.2) is 24.3 Å².